The fourth-order valence-electron chi connectivity index (χ4n) is 1.70. The maximum atomic E-state index is 11.1. The number of ether oxygens (including phenoxy) is 1. The van der Waals surface area contributed by atoms with Gasteiger partial charge in [-0.3, -0.25) is 5.32 Å². The zero-order chi connectivity index (χ0) is 14.1. The highest BCUT2D eigenvalue weighted by atomic mass is 35.5. The predicted octanol–water partition coefficient (Wildman–Crippen LogP) is 3.29. The molecule has 1 aromatic carbocycles. The Hall–Kier alpha value is -2.12. The summed E-state index contributed by atoms with van der Waals surface area (Å²) in [6.07, 6.45) is -0.601. The van der Waals surface area contributed by atoms with Gasteiger partial charge in [0.1, 0.15) is 0 Å². The zero-order valence-electron chi connectivity index (χ0n) is 10.3. The Morgan fingerprint density at radius 1 is 1.40 bits per heavy atom. The molecule has 1 N–H and O–H groups in total. The number of rotatable bonds is 2. The Morgan fingerprint density at radius 3 is 2.85 bits per heavy atom. The molecule has 0 saturated heterocycles. The van der Waals surface area contributed by atoms with E-state index in [0.717, 1.165) is 11.3 Å². The molecule has 0 bridgehead atoms. The number of carbonyl (C=O) groups is 1. The number of anilines is 1. The van der Waals surface area contributed by atoms with E-state index >= 15 is 0 Å². The van der Waals surface area contributed by atoms with E-state index in [1.165, 1.54) is 18.4 Å². The third-order valence-corrected chi connectivity index (χ3v) is 3.69. The van der Waals surface area contributed by atoms with Crippen molar-refractivity contribution >= 4 is 39.9 Å². The number of hydrogen-bond acceptors (Lipinski definition) is 5. The number of amides is 1. The van der Waals surface area contributed by atoms with Crippen LogP contribution in [-0.2, 0) is 4.74 Å². The summed E-state index contributed by atoms with van der Waals surface area (Å²) in [5.41, 5.74) is 1.85. The first kappa shape index (κ1) is 12.9. The molecule has 0 radical (unpaired) electrons. The summed E-state index contributed by atoms with van der Waals surface area (Å²) in [5.74, 6) is 0.207. The van der Waals surface area contributed by atoms with Crippen molar-refractivity contribution in [3.8, 4) is 11.3 Å². The van der Waals surface area contributed by atoms with Crippen molar-refractivity contribution in [3.05, 3.63) is 34.7 Å². The molecular weight excluding hydrogens is 300 g/mol. The minimum Gasteiger partial charge on any atom is -0.453 e. The lowest BCUT2D eigenvalue weighted by Gasteiger charge is -1.99. The number of methoxy groups -OCH3 is 1. The Kier molecular flexibility index (Phi) is 3.29. The summed E-state index contributed by atoms with van der Waals surface area (Å²) in [6, 6.07) is 7.42. The second-order valence-corrected chi connectivity index (χ2v) is 5.15. The molecule has 2 aromatic heterocycles. The highest BCUT2D eigenvalue weighted by molar-refractivity contribution is 7.15. The summed E-state index contributed by atoms with van der Waals surface area (Å²) in [7, 11) is 1.28. The van der Waals surface area contributed by atoms with Crippen LogP contribution in [0.15, 0.2) is 29.6 Å². The molecule has 1 amide bonds. The largest absolute Gasteiger partial charge is 0.453 e. The number of aromatic nitrogens is 3. The topological polar surface area (TPSA) is 68.5 Å². The molecule has 0 atom stereocenters. The number of benzene rings is 1. The summed E-state index contributed by atoms with van der Waals surface area (Å²) >= 11 is 7.31. The molecule has 0 aliphatic heterocycles. The van der Waals surface area contributed by atoms with Crippen LogP contribution in [0.3, 0.4) is 0 Å². The van der Waals surface area contributed by atoms with Crippen LogP contribution in [0.2, 0.25) is 5.02 Å². The summed E-state index contributed by atoms with van der Waals surface area (Å²) in [5, 5.41) is 9.28. The van der Waals surface area contributed by atoms with E-state index in [1.807, 2.05) is 29.6 Å². The van der Waals surface area contributed by atoms with Crippen molar-refractivity contribution in [1.82, 2.24) is 14.6 Å². The maximum absolute atomic E-state index is 11.1. The molecule has 0 fully saturated rings. The van der Waals surface area contributed by atoms with E-state index in [4.69, 9.17) is 11.6 Å². The molecule has 20 heavy (non-hydrogen) atoms. The van der Waals surface area contributed by atoms with E-state index in [-0.39, 0.29) is 5.95 Å². The van der Waals surface area contributed by atoms with Gasteiger partial charge in [-0.1, -0.05) is 23.7 Å². The average Bonchev–Trinajstić information content (AvgIpc) is 2.99. The van der Waals surface area contributed by atoms with E-state index in [1.54, 1.807) is 4.52 Å². The van der Waals surface area contributed by atoms with E-state index in [9.17, 15) is 4.79 Å². The van der Waals surface area contributed by atoms with Gasteiger partial charge in [-0.25, -0.2) is 9.31 Å². The maximum Gasteiger partial charge on any atom is 0.413 e. The molecule has 0 unspecified atom stereocenters. The molecule has 0 saturated carbocycles. The van der Waals surface area contributed by atoms with Crippen LogP contribution in [0.1, 0.15) is 0 Å². The third-order valence-electron chi connectivity index (χ3n) is 2.62. The summed E-state index contributed by atoms with van der Waals surface area (Å²) in [4.78, 5) is 16.0. The van der Waals surface area contributed by atoms with Gasteiger partial charge in [-0.2, -0.15) is 4.98 Å². The fourth-order valence-corrected chi connectivity index (χ4v) is 2.65. The molecular formula is C12H9ClN4O2S. The Morgan fingerprint density at radius 2 is 2.15 bits per heavy atom. The van der Waals surface area contributed by atoms with Gasteiger partial charge in [-0.15, -0.1) is 16.4 Å². The second kappa shape index (κ2) is 5.10. The van der Waals surface area contributed by atoms with Gasteiger partial charge in [0.15, 0.2) is 0 Å². The quantitative estimate of drug-likeness (QED) is 0.788. The van der Waals surface area contributed by atoms with Crippen LogP contribution in [0, 0.1) is 0 Å². The molecule has 6 nitrogen and oxygen atoms in total. The smallest absolute Gasteiger partial charge is 0.413 e. The number of nitrogens with zero attached hydrogens (tertiary/aromatic N) is 3. The van der Waals surface area contributed by atoms with Crippen molar-refractivity contribution in [3.63, 3.8) is 0 Å². The van der Waals surface area contributed by atoms with Gasteiger partial charge in [-0.05, 0) is 12.1 Å². The van der Waals surface area contributed by atoms with Gasteiger partial charge < -0.3 is 4.74 Å². The number of fused-ring (bicyclic) bond motifs is 1. The van der Waals surface area contributed by atoms with Crippen LogP contribution in [-0.4, -0.2) is 27.8 Å². The highest BCUT2D eigenvalue weighted by Gasteiger charge is 2.13. The molecule has 3 aromatic rings. The number of carbonyl (C=O) groups excluding carboxylic acids is 1. The first-order chi connectivity index (χ1) is 9.67. The molecule has 8 heteroatoms. The standard InChI is InChI=1S/C12H9ClN4O2S/c1-19-12(18)15-10-14-11-17(16-10)9(6-20-11)7-2-4-8(13)5-3-7/h2-6H,1H3,(H,15,16,18). The molecule has 0 aliphatic rings. The van der Waals surface area contributed by atoms with Crippen molar-refractivity contribution in [2.24, 2.45) is 0 Å². The lowest BCUT2D eigenvalue weighted by atomic mass is 10.2. The molecule has 3 rings (SSSR count). The Labute approximate surface area is 123 Å². The molecule has 0 spiro atoms. The lowest BCUT2D eigenvalue weighted by molar-refractivity contribution is 0.186. The lowest BCUT2D eigenvalue weighted by Crippen LogP contribution is -2.12. The number of thiazole rings is 1. The first-order valence-corrected chi connectivity index (χ1v) is 6.88. The molecule has 102 valence electrons. The molecule has 0 aliphatic carbocycles. The van der Waals surface area contributed by atoms with Crippen molar-refractivity contribution in [1.29, 1.82) is 0 Å². The number of halogens is 1. The zero-order valence-corrected chi connectivity index (χ0v) is 11.9. The summed E-state index contributed by atoms with van der Waals surface area (Å²) < 4.78 is 6.17. The summed E-state index contributed by atoms with van der Waals surface area (Å²) in [6.45, 7) is 0. The van der Waals surface area contributed by atoms with Gasteiger partial charge >= 0.3 is 6.09 Å². The van der Waals surface area contributed by atoms with Crippen LogP contribution in [0.25, 0.3) is 16.2 Å². The van der Waals surface area contributed by atoms with Crippen LogP contribution >= 0.6 is 22.9 Å². The predicted molar refractivity (Wildman–Crippen MR) is 77.3 cm³/mol. The van der Waals surface area contributed by atoms with Crippen LogP contribution < -0.4 is 5.32 Å². The Balaban J connectivity index is 2.00. The number of nitrogens with one attached hydrogen (secondary N) is 1. The first-order valence-electron chi connectivity index (χ1n) is 5.62. The number of hydrogen-bond donors (Lipinski definition) is 1. The van der Waals surface area contributed by atoms with Gasteiger partial charge in [0.2, 0.25) is 4.96 Å². The highest BCUT2D eigenvalue weighted by Crippen LogP contribution is 2.26. The fraction of sp³-hybridized carbons (Fsp3) is 0.0833. The minimum atomic E-state index is -0.601. The monoisotopic (exact) mass is 308 g/mol. The van der Waals surface area contributed by atoms with E-state index in [2.05, 4.69) is 20.1 Å². The second-order valence-electron chi connectivity index (χ2n) is 3.87. The Bertz CT molecular complexity index is 765. The van der Waals surface area contributed by atoms with Crippen molar-refractivity contribution < 1.29 is 9.53 Å². The van der Waals surface area contributed by atoms with Gasteiger partial charge in [0.25, 0.3) is 5.95 Å². The van der Waals surface area contributed by atoms with E-state index in [0.29, 0.717) is 9.98 Å². The third kappa shape index (κ3) is 2.33. The SMILES string of the molecule is COC(=O)Nc1nc2scc(-c3ccc(Cl)cc3)n2n1. The molecule has 2 heterocycles. The minimum absolute atomic E-state index is 0.207. The average molecular weight is 309 g/mol. The van der Waals surface area contributed by atoms with E-state index < -0.39 is 6.09 Å². The normalized spacial score (nSPS) is 10.7. The van der Waals surface area contributed by atoms with Crippen molar-refractivity contribution in [2.75, 3.05) is 12.4 Å². The van der Waals surface area contributed by atoms with Crippen LogP contribution in [0.5, 0.6) is 0 Å². The van der Waals surface area contributed by atoms with Crippen LogP contribution in [0.4, 0.5) is 10.7 Å². The van der Waals surface area contributed by atoms with Gasteiger partial charge in [0.05, 0.1) is 12.8 Å². The van der Waals surface area contributed by atoms with Crippen molar-refractivity contribution in [2.45, 2.75) is 0 Å². The van der Waals surface area contributed by atoms with Gasteiger partial charge in [0, 0.05) is 16.0 Å².